The molecule has 2 N–H and O–H groups in total. The van der Waals surface area contributed by atoms with E-state index in [1.165, 1.54) is 12.3 Å². The predicted octanol–water partition coefficient (Wildman–Crippen LogP) is 0.544. The second-order valence-electron chi connectivity index (χ2n) is 1.81. The predicted molar refractivity (Wildman–Crippen MR) is 36.3 cm³/mol. The van der Waals surface area contributed by atoms with E-state index in [0.717, 1.165) is 0 Å². The van der Waals surface area contributed by atoms with Gasteiger partial charge >= 0.3 is 0 Å². The van der Waals surface area contributed by atoms with Crippen molar-refractivity contribution in [1.82, 2.24) is 5.48 Å². The topological polar surface area (TPSA) is 49.3 Å². The van der Waals surface area contributed by atoms with Gasteiger partial charge < -0.3 is 0 Å². The van der Waals surface area contributed by atoms with Gasteiger partial charge in [0.15, 0.2) is 5.78 Å². The average molecular weight is 137 g/mol. The van der Waals surface area contributed by atoms with Crippen LogP contribution in [-0.2, 0) is 4.79 Å². The highest BCUT2D eigenvalue weighted by Crippen LogP contribution is 2.03. The van der Waals surface area contributed by atoms with Crippen molar-refractivity contribution in [1.29, 1.82) is 0 Å². The van der Waals surface area contributed by atoms with Crippen molar-refractivity contribution in [2.75, 3.05) is 0 Å². The molecule has 1 aliphatic carbocycles. The third-order valence-electron chi connectivity index (χ3n) is 1.14. The third kappa shape index (κ3) is 1.33. The van der Waals surface area contributed by atoms with Gasteiger partial charge in [-0.15, -0.1) is 0 Å². The monoisotopic (exact) mass is 137 g/mol. The summed E-state index contributed by atoms with van der Waals surface area (Å²) >= 11 is 0. The van der Waals surface area contributed by atoms with Crippen LogP contribution in [0.1, 0.15) is 0 Å². The standard InChI is InChI=1S/C7H7NO2/c9-7-4-2-1-3-6(7)5-8-10/h1-5,8,10H/b6-5+. The van der Waals surface area contributed by atoms with Gasteiger partial charge in [0.05, 0.1) is 0 Å². The summed E-state index contributed by atoms with van der Waals surface area (Å²) < 4.78 is 0. The molecule has 1 rings (SSSR count). The SMILES string of the molecule is O=C1C=CC=C/C1=C\NO. The summed E-state index contributed by atoms with van der Waals surface area (Å²) in [7, 11) is 0. The van der Waals surface area contributed by atoms with Gasteiger partial charge in [-0.2, -0.15) is 0 Å². The summed E-state index contributed by atoms with van der Waals surface area (Å²) in [6.07, 6.45) is 7.67. The van der Waals surface area contributed by atoms with Crippen LogP contribution in [0.15, 0.2) is 36.1 Å². The Hall–Kier alpha value is -1.35. The molecule has 10 heavy (non-hydrogen) atoms. The molecule has 0 fully saturated rings. The Balaban J connectivity index is 2.80. The average Bonchev–Trinajstić information content (AvgIpc) is 1.94. The fourth-order valence-corrected chi connectivity index (χ4v) is 0.669. The van der Waals surface area contributed by atoms with Gasteiger partial charge in [0.25, 0.3) is 0 Å². The van der Waals surface area contributed by atoms with Gasteiger partial charge in [0.1, 0.15) is 0 Å². The van der Waals surface area contributed by atoms with Crippen LogP contribution in [0.2, 0.25) is 0 Å². The fourth-order valence-electron chi connectivity index (χ4n) is 0.669. The molecule has 0 unspecified atom stereocenters. The molecule has 0 aliphatic heterocycles. The van der Waals surface area contributed by atoms with E-state index >= 15 is 0 Å². The first-order valence-corrected chi connectivity index (χ1v) is 2.83. The lowest BCUT2D eigenvalue weighted by atomic mass is 10.1. The summed E-state index contributed by atoms with van der Waals surface area (Å²) in [6, 6.07) is 0. The lowest BCUT2D eigenvalue weighted by molar-refractivity contribution is -0.111. The lowest BCUT2D eigenvalue weighted by Crippen LogP contribution is -2.04. The summed E-state index contributed by atoms with van der Waals surface area (Å²) in [5, 5.41) is 8.20. The highest BCUT2D eigenvalue weighted by molar-refractivity contribution is 6.07. The Labute approximate surface area is 58.3 Å². The van der Waals surface area contributed by atoms with E-state index in [9.17, 15) is 4.79 Å². The van der Waals surface area contributed by atoms with Crippen LogP contribution < -0.4 is 5.48 Å². The molecule has 0 aromatic carbocycles. The molecule has 0 saturated heterocycles. The van der Waals surface area contributed by atoms with Crippen LogP contribution in [0.4, 0.5) is 0 Å². The smallest absolute Gasteiger partial charge is 0.187 e. The van der Waals surface area contributed by atoms with Gasteiger partial charge in [-0.3, -0.25) is 15.5 Å². The molecule has 0 bridgehead atoms. The van der Waals surface area contributed by atoms with Crippen molar-refractivity contribution < 1.29 is 10.0 Å². The van der Waals surface area contributed by atoms with Gasteiger partial charge in [-0.1, -0.05) is 12.2 Å². The van der Waals surface area contributed by atoms with Gasteiger partial charge in [0, 0.05) is 11.8 Å². The van der Waals surface area contributed by atoms with E-state index in [2.05, 4.69) is 0 Å². The minimum Gasteiger partial charge on any atom is -0.292 e. The zero-order valence-electron chi connectivity index (χ0n) is 5.24. The molecule has 3 nitrogen and oxygen atoms in total. The van der Waals surface area contributed by atoms with Crippen LogP contribution in [0.25, 0.3) is 0 Å². The Morgan fingerprint density at radius 1 is 1.40 bits per heavy atom. The van der Waals surface area contributed by atoms with Crippen LogP contribution in [-0.4, -0.2) is 11.0 Å². The molecule has 0 aromatic heterocycles. The van der Waals surface area contributed by atoms with Crippen LogP contribution in [0.3, 0.4) is 0 Å². The summed E-state index contributed by atoms with van der Waals surface area (Å²) in [6.45, 7) is 0. The Morgan fingerprint density at radius 2 is 2.10 bits per heavy atom. The van der Waals surface area contributed by atoms with E-state index < -0.39 is 0 Å². The quantitative estimate of drug-likeness (QED) is 0.409. The normalized spacial score (nSPS) is 20.1. The van der Waals surface area contributed by atoms with Crippen molar-refractivity contribution in [2.24, 2.45) is 0 Å². The summed E-state index contributed by atoms with van der Waals surface area (Å²) in [4.78, 5) is 10.8. The maximum Gasteiger partial charge on any atom is 0.187 e. The van der Waals surface area contributed by atoms with Gasteiger partial charge in [-0.25, -0.2) is 0 Å². The van der Waals surface area contributed by atoms with Crippen molar-refractivity contribution in [2.45, 2.75) is 0 Å². The number of hydrogen-bond acceptors (Lipinski definition) is 3. The number of carbonyl (C=O) groups excluding carboxylic acids is 1. The van der Waals surface area contributed by atoms with E-state index in [1.54, 1.807) is 23.7 Å². The highest BCUT2D eigenvalue weighted by atomic mass is 16.5. The Bertz CT molecular complexity index is 226. The van der Waals surface area contributed by atoms with E-state index in [1.807, 2.05) is 0 Å². The van der Waals surface area contributed by atoms with Crippen molar-refractivity contribution in [3.8, 4) is 0 Å². The zero-order chi connectivity index (χ0) is 7.40. The lowest BCUT2D eigenvalue weighted by Gasteiger charge is -1.98. The molecule has 0 amide bonds. The first kappa shape index (κ1) is 6.77. The molecule has 0 spiro atoms. The second kappa shape index (κ2) is 2.98. The number of nitrogens with one attached hydrogen (secondary N) is 1. The van der Waals surface area contributed by atoms with Gasteiger partial charge in [-0.05, 0) is 12.2 Å². The number of ketones is 1. The van der Waals surface area contributed by atoms with E-state index in [4.69, 9.17) is 5.21 Å². The Morgan fingerprint density at radius 3 is 2.70 bits per heavy atom. The number of hydroxylamine groups is 1. The molecule has 52 valence electrons. The number of carbonyl (C=O) groups is 1. The molecule has 3 heteroatoms. The van der Waals surface area contributed by atoms with Crippen molar-refractivity contribution in [3.05, 3.63) is 36.1 Å². The van der Waals surface area contributed by atoms with Crippen molar-refractivity contribution >= 4 is 5.78 Å². The molecular weight excluding hydrogens is 130 g/mol. The molecule has 0 atom stereocenters. The molecular formula is C7H7NO2. The Kier molecular flexibility index (Phi) is 2.02. The van der Waals surface area contributed by atoms with E-state index in [-0.39, 0.29) is 5.78 Å². The maximum atomic E-state index is 10.8. The van der Waals surface area contributed by atoms with Crippen LogP contribution in [0.5, 0.6) is 0 Å². The third-order valence-corrected chi connectivity index (χ3v) is 1.14. The van der Waals surface area contributed by atoms with Crippen molar-refractivity contribution in [3.63, 3.8) is 0 Å². The highest BCUT2D eigenvalue weighted by Gasteiger charge is 2.03. The summed E-state index contributed by atoms with van der Waals surface area (Å²) in [5.41, 5.74) is 2.25. The zero-order valence-corrected chi connectivity index (χ0v) is 5.24. The molecule has 1 aliphatic rings. The number of rotatable bonds is 1. The largest absolute Gasteiger partial charge is 0.292 e. The second-order valence-corrected chi connectivity index (χ2v) is 1.81. The van der Waals surface area contributed by atoms with Crippen LogP contribution >= 0.6 is 0 Å². The first-order chi connectivity index (χ1) is 4.84. The maximum absolute atomic E-state index is 10.8. The van der Waals surface area contributed by atoms with E-state index in [0.29, 0.717) is 5.57 Å². The summed E-state index contributed by atoms with van der Waals surface area (Å²) in [5.74, 6) is -0.107. The number of allylic oxidation sites excluding steroid dienone is 5. The minimum absolute atomic E-state index is 0.107. The first-order valence-electron chi connectivity index (χ1n) is 2.83. The molecule has 0 saturated carbocycles. The minimum atomic E-state index is -0.107. The van der Waals surface area contributed by atoms with Crippen LogP contribution in [0, 0.1) is 0 Å². The van der Waals surface area contributed by atoms with Gasteiger partial charge in [0.2, 0.25) is 0 Å². The molecule has 0 aromatic rings. The fraction of sp³-hybridized carbons (Fsp3) is 0. The number of hydrogen-bond donors (Lipinski definition) is 2. The molecule has 0 heterocycles. The molecule has 0 radical (unpaired) electrons.